The summed E-state index contributed by atoms with van der Waals surface area (Å²) in [6.07, 6.45) is 1.70. The molecule has 1 saturated heterocycles. The van der Waals surface area contributed by atoms with Gasteiger partial charge in [-0.05, 0) is 24.5 Å². The van der Waals surface area contributed by atoms with E-state index in [4.69, 9.17) is 0 Å². The molecule has 0 N–H and O–H groups in total. The molecule has 5 nitrogen and oxygen atoms in total. The van der Waals surface area contributed by atoms with Crippen LogP contribution >= 0.6 is 11.8 Å². The summed E-state index contributed by atoms with van der Waals surface area (Å²) >= 11 is 1.48. The number of imidazole rings is 1. The van der Waals surface area contributed by atoms with Crippen molar-refractivity contribution in [2.45, 2.75) is 17.5 Å². The van der Waals surface area contributed by atoms with Crippen LogP contribution in [-0.4, -0.2) is 76.6 Å². The van der Waals surface area contributed by atoms with Crippen LogP contribution in [0.5, 0.6) is 0 Å². The Hall–Kier alpha value is -2.07. The van der Waals surface area contributed by atoms with Gasteiger partial charge in [-0.2, -0.15) is 8.78 Å². The molecule has 1 aliphatic rings. The van der Waals surface area contributed by atoms with Crippen molar-refractivity contribution in [3.05, 3.63) is 42.2 Å². The summed E-state index contributed by atoms with van der Waals surface area (Å²) in [6.45, 7) is -0.314. The van der Waals surface area contributed by atoms with Gasteiger partial charge >= 0.3 is 12.3 Å². The number of aromatic nitrogens is 2. The molecule has 0 aliphatic carbocycles. The lowest BCUT2D eigenvalue weighted by Crippen LogP contribution is -2.52. The van der Waals surface area contributed by atoms with Gasteiger partial charge in [0.25, 0.3) is 5.91 Å². The van der Waals surface area contributed by atoms with E-state index in [0.29, 0.717) is 5.56 Å². The van der Waals surface area contributed by atoms with E-state index in [1.54, 1.807) is 35.5 Å². The van der Waals surface area contributed by atoms with Crippen molar-refractivity contribution in [1.29, 1.82) is 0 Å². The normalized spacial score (nSPS) is 16.0. The van der Waals surface area contributed by atoms with Crippen LogP contribution in [0.25, 0.3) is 5.69 Å². The van der Waals surface area contributed by atoms with Crippen LogP contribution in [0.15, 0.2) is 41.8 Å². The zero-order valence-electron chi connectivity index (χ0n) is 15.2. The molecule has 0 atom stereocenters. The number of halogens is 4. The number of hydrogen-bond acceptors (Lipinski definition) is 4. The van der Waals surface area contributed by atoms with Crippen molar-refractivity contribution in [3.63, 3.8) is 0 Å². The monoisotopic (exact) mass is 416 g/mol. The first-order valence-electron chi connectivity index (χ1n) is 8.67. The van der Waals surface area contributed by atoms with Crippen LogP contribution in [0.3, 0.4) is 0 Å². The van der Waals surface area contributed by atoms with Crippen LogP contribution in [0, 0.1) is 0 Å². The molecule has 0 saturated carbocycles. The molecule has 0 unspecified atom stereocenters. The summed E-state index contributed by atoms with van der Waals surface area (Å²) in [5.74, 6) is -4.26. The van der Waals surface area contributed by atoms with E-state index in [1.165, 1.54) is 16.7 Å². The predicted octanol–water partition coefficient (Wildman–Crippen LogP) is 3.25. The molecule has 1 aromatic heterocycles. The van der Waals surface area contributed by atoms with Gasteiger partial charge in [0.1, 0.15) is 0 Å². The number of carbonyl (C=O) groups is 1. The molecule has 2 heterocycles. The van der Waals surface area contributed by atoms with E-state index in [1.807, 2.05) is 16.9 Å². The SMILES string of the molecule is CSc1nccn1-c1cccc(C(=O)N2CCN(CC(F)(F)C(F)F)CC2)c1. The van der Waals surface area contributed by atoms with Crippen molar-refractivity contribution in [1.82, 2.24) is 19.4 Å². The first-order valence-corrected chi connectivity index (χ1v) is 9.89. The third-order valence-electron chi connectivity index (χ3n) is 4.57. The average Bonchev–Trinajstić information content (AvgIpc) is 3.16. The van der Waals surface area contributed by atoms with Gasteiger partial charge in [-0.25, -0.2) is 13.8 Å². The van der Waals surface area contributed by atoms with E-state index >= 15 is 0 Å². The average molecular weight is 416 g/mol. The second-order valence-electron chi connectivity index (χ2n) is 6.46. The Morgan fingerprint density at radius 1 is 1.25 bits per heavy atom. The van der Waals surface area contributed by atoms with Crippen LogP contribution in [0.4, 0.5) is 17.6 Å². The number of nitrogens with zero attached hydrogens (tertiary/aromatic N) is 4. The van der Waals surface area contributed by atoms with Gasteiger partial charge in [0, 0.05) is 49.8 Å². The van der Waals surface area contributed by atoms with Crippen LogP contribution in [0.1, 0.15) is 10.4 Å². The highest BCUT2D eigenvalue weighted by atomic mass is 32.2. The molecule has 10 heteroatoms. The van der Waals surface area contributed by atoms with Gasteiger partial charge in [-0.1, -0.05) is 17.8 Å². The first-order chi connectivity index (χ1) is 13.3. The lowest BCUT2D eigenvalue weighted by atomic mass is 10.1. The lowest BCUT2D eigenvalue weighted by Gasteiger charge is -2.36. The standard InChI is InChI=1S/C18H20F4N4OS/c1-28-17-23-5-6-26(17)14-4-2-3-13(11-14)15(27)25-9-7-24(8-10-25)12-18(21,22)16(19)20/h2-6,11,16H,7-10,12H2,1H3. The molecular formula is C18H20F4N4OS. The van der Waals surface area contributed by atoms with Crippen molar-refractivity contribution in [3.8, 4) is 5.69 Å². The van der Waals surface area contributed by atoms with Crippen LogP contribution in [-0.2, 0) is 0 Å². The number of piperazine rings is 1. The summed E-state index contributed by atoms with van der Waals surface area (Å²) < 4.78 is 53.0. The van der Waals surface area contributed by atoms with Crippen molar-refractivity contribution < 1.29 is 22.4 Å². The molecule has 1 aromatic carbocycles. The Bertz CT molecular complexity index is 821. The van der Waals surface area contributed by atoms with E-state index in [2.05, 4.69) is 4.98 Å². The number of thioether (sulfide) groups is 1. The number of rotatable bonds is 6. The Kier molecular flexibility index (Phi) is 6.29. The minimum Gasteiger partial charge on any atom is -0.336 e. The van der Waals surface area contributed by atoms with E-state index in [9.17, 15) is 22.4 Å². The highest BCUT2D eigenvalue weighted by Crippen LogP contribution is 2.25. The maximum Gasteiger partial charge on any atom is 0.319 e. The summed E-state index contributed by atoms with van der Waals surface area (Å²) in [5, 5.41) is 0.790. The molecular weight excluding hydrogens is 396 g/mol. The van der Waals surface area contributed by atoms with Gasteiger partial charge in [-0.3, -0.25) is 14.3 Å². The Morgan fingerprint density at radius 3 is 2.61 bits per heavy atom. The number of carbonyl (C=O) groups excluding carboxylic acids is 1. The highest BCUT2D eigenvalue weighted by Gasteiger charge is 2.42. The fraction of sp³-hybridized carbons (Fsp3) is 0.444. The predicted molar refractivity (Wildman–Crippen MR) is 98.6 cm³/mol. The Balaban J connectivity index is 1.65. The maximum atomic E-state index is 13.2. The molecule has 0 bridgehead atoms. The number of alkyl halides is 4. The molecule has 0 spiro atoms. The van der Waals surface area contributed by atoms with E-state index in [0.717, 1.165) is 10.8 Å². The van der Waals surface area contributed by atoms with Gasteiger partial charge in [0.2, 0.25) is 0 Å². The topological polar surface area (TPSA) is 41.4 Å². The fourth-order valence-electron chi connectivity index (χ4n) is 3.08. The minimum absolute atomic E-state index is 0.131. The van der Waals surface area contributed by atoms with Gasteiger partial charge in [-0.15, -0.1) is 0 Å². The first kappa shape index (κ1) is 20.7. The largest absolute Gasteiger partial charge is 0.336 e. The molecule has 152 valence electrons. The van der Waals surface area contributed by atoms with Crippen LogP contribution in [0.2, 0.25) is 0 Å². The summed E-state index contributed by atoms with van der Waals surface area (Å²) in [7, 11) is 0. The fourth-order valence-corrected chi connectivity index (χ4v) is 3.61. The maximum absolute atomic E-state index is 13.2. The number of benzene rings is 1. The Labute approximate surface area is 164 Å². The van der Waals surface area contributed by atoms with Gasteiger partial charge in [0.15, 0.2) is 5.16 Å². The molecule has 1 fully saturated rings. The van der Waals surface area contributed by atoms with Crippen molar-refractivity contribution in [2.24, 2.45) is 0 Å². The summed E-state index contributed by atoms with van der Waals surface area (Å²) in [6, 6.07) is 7.08. The molecule has 0 radical (unpaired) electrons. The second kappa shape index (κ2) is 8.52. The third kappa shape index (κ3) is 4.49. The van der Waals surface area contributed by atoms with Gasteiger partial charge < -0.3 is 4.90 Å². The second-order valence-corrected chi connectivity index (χ2v) is 7.24. The summed E-state index contributed by atoms with van der Waals surface area (Å²) in [5.41, 5.74) is 1.27. The molecule has 28 heavy (non-hydrogen) atoms. The zero-order chi connectivity index (χ0) is 20.3. The Morgan fingerprint density at radius 2 is 1.96 bits per heavy atom. The lowest BCUT2D eigenvalue weighted by molar-refractivity contribution is -0.144. The van der Waals surface area contributed by atoms with Crippen LogP contribution < -0.4 is 0 Å². The highest BCUT2D eigenvalue weighted by molar-refractivity contribution is 7.98. The molecule has 2 aromatic rings. The molecule has 3 rings (SSSR count). The number of hydrogen-bond donors (Lipinski definition) is 0. The number of amides is 1. The summed E-state index contributed by atoms with van der Waals surface area (Å²) in [4.78, 5) is 19.8. The van der Waals surface area contributed by atoms with E-state index < -0.39 is 18.9 Å². The van der Waals surface area contributed by atoms with E-state index in [-0.39, 0.29) is 32.1 Å². The van der Waals surface area contributed by atoms with Gasteiger partial charge in [0.05, 0.1) is 6.54 Å². The quantitative estimate of drug-likeness (QED) is 0.536. The molecule has 1 amide bonds. The molecule has 1 aliphatic heterocycles. The minimum atomic E-state index is -4.04. The third-order valence-corrected chi connectivity index (χ3v) is 5.24. The smallest absolute Gasteiger partial charge is 0.319 e. The van der Waals surface area contributed by atoms with Crippen molar-refractivity contribution in [2.75, 3.05) is 39.0 Å². The zero-order valence-corrected chi connectivity index (χ0v) is 16.0. The van der Waals surface area contributed by atoms with Crippen molar-refractivity contribution >= 4 is 17.7 Å².